The van der Waals surface area contributed by atoms with E-state index in [1.165, 1.54) is 9.78 Å². The van der Waals surface area contributed by atoms with Gasteiger partial charge in [-0.2, -0.15) is 0 Å². The summed E-state index contributed by atoms with van der Waals surface area (Å²) in [6, 6.07) is 0.000929. The quantitative estimate of drug-likeness (QED) is 0.852. The molecule has 1 aliphatic carbocycles. The number of hydrogen-bond acceptors (Lipinski definition) is 4. The summed E-state index contributed by atoms with van der Waals surface area (Å²) in [4.78, 5) is 18.3. The van der Waals surface area contributed by atoms with E-state index >= 15 is 0 Å². The van der Waals surface area contributed by atoms with Gasteiger partial charge in [0.15, 0.2) is 0 Å². The molecule has 1 unspecified atom stereocenters. The number of nitrogens with one attached hydrogen (secondary N) is 1. The van der Waals surface area contributed by atoms with Crippen molar-refractivity contribution in [2.75, 3.05) is 13.1 Å². The molecule has 23 heavy (non-hydrogen) atoms. The summed E-state index contributed by atoms with van der Waals surface area (Å²) in [5.41, 5.74) is 2.86. The van der Waals surface area contributed by atoms with Gasteiger partial charge in [-0.15, -0.1) is 11.3 Å². The number of nitrogens with zero attached hydrogens (tertiary/aromatic N) is 2. The van der Waals surface area contributed by atoms with Gasteiger partial charge in [0.25, 0.3) is 0 Å². The van der Waals surface area contributed by atoms with Crippen LogP contribution in [0.5, 0.6) is 0 Å². The van der Waals surface area contributed by atoms with Gasteiger partial charge in [0.2, 0.25) is 0 Å². The smallest absolute Gasteiger partial charge is 0.407 e. The molecule has 1 spiro atoms. The van der Waals surface area contributed by atoms with Gasteiger partial charge >= 0.3 is 6.09 Å². The molecule has 0 radical (unpaired) electrons. The van der Waals surface area contributed by atoms with E-state index in [1.54, 1.807) is 11.3 Å². The Bertz CT molecular complexity index is 630. The van der Waals surface area contributed by atoms with Gasteiger partial charge in [0.1, 0.15) is 0 Å². The van der Waals surface area contributed by atoms with Crippen LogP contribution < -0.4 is 4.72 Å². The molecule has 1 saturated heterocycles. The van der Waals surface area contributed by atoms with Gasteiger partial charge in [0.05, 0.1) is 33.0 Å². The third-order valence-electron chi connectivity index (χ3n) is 4.88. The van der Waals surface area contributed by atoms with Crippen LogP contribution in [0.4, 0.5) is 4.79 Å². The van der Waals surface area contributed by atoms with Gasteiger partial charge in [-0.25, -0.2) is 18.7 Å². The van der Waals surface area contributed by atoms with Crippen molar-refractivity contribution in [2.24, 2.45) is 5.41 Å². The highest BCUT2D eigenvalue weighted by atomic mass is 32.2. The summed E-state index contributed by atoms with van der Waals surface area (Å²) < 4.78 is 15.6. The van der Waals surface area contributed by atoms with E-state index in [1.807, 2.05) is 26.3 Å². The Hall–Kier alpha value is -0.990. The minimum absolute atomic E-state index is 0.000929. The Kier molecular flexibility index (Phi) is 4.27. The second-order valence-corrected chi connectivity index (χ2v) is 10.3. The van der Waals surface area contributed by atoms with Gasteiger partial charge in [-0.1, -0.05) is 0 Å². The van der Waals surface area contributed by atoms with Crippen LogP contribution in [-0.4, -0.2) is 43.1 Å². The van der Waals surface area contributed by atoms with E-state index in [2.05, 4.69) is 9.71 Å². The molecule has 0 bridgehead atoms. The SMILES string of the molecule is CC(C)(C)S(=O)N[C@@H]1c2scnc2CC12CCN(C(=O)O)CC2. The lowest BCUT2D eigenvalue weighted by Crippen LogP contribution is -2.48. The fraction of sp³-hybridized carbons (Fsp3) is 0.733. The number of hydrogen-bond donors (Lipinski definition) is 2. The molecule has 1 aromatic heterocycles. The lowest BCUT2D eigenvalue weighted by Gasteiger charge is -2.42. The van der Waals surface area contributed by atoms with Crippen LogP contribution in [0.1, 0.15) is 50.2 Å². The Morgan fingerprint density at radius 3 is 2.70 bits per heavy atom. The lowest BCUT2D eigenvalue weighted by atomic mass is 9.74. The number of piperidine rings is 1. The molecule has 2 heterocycles. The summed E-state index contributed by atoms with van der Waals surface area (Å²) in [5.74, 6) is 0. The maximum atomic E-state index is 12.6. The number of fused-ring (bicyclic) bond motifs is 1. The number of carboxylic acid groups (broad SMARTS) is 1. The van der Waals surface area contributed by atoms with Crippen molar-refractivity contribution in [2.45, 2.75) is 50.8 Å². The molecule has 1 aromatic rings. The summed E-state index contributed by atoms with van der Waals surface area (Å²) in [6.07, 6.45) is 1.55. The minimum Gasteiger partial charge on any atom is -0.465 e. The van der Waals surface area contributed by atoms with Crippen molar-refractivity contribution in [1.82, 2.24) is 14.6 Å². The number of aromatic nitrogens is 1. The first-order chi connectivity index (χ1) is 10.7. The Morgan fingerprint density at radius 2 is 2.13 bits per heavy atom. The van der Waals surface area contributed by atoms with E-state index in [0.29, 0.717) is 13.1 Å². The molecule has 2 aliphatic rings. The van der Waals surface area contributed by atoms with E-state index in [-0.39, 0.29) is 16.2 Å². The topological polar surface area (TPSA) is 82.5 Å². The monoisotopic (exact) mass is 357 g/mol. The summed E-state index contributed by atoms with van der Waals surface area (Å²) in [6.45, 7) is 6.93. The third-order valence-corrected chi connectivity index (χ3v) is 7.38. The van der Waals surface area contributed by atoms with E-state index < -0.39 is 17.1 Å². The molecule has 1 fully saturated rings. The summed E-state index contributed by atoms with van der Waals surface area (Å²) in [7, 11) is -1.16. The van der Waals surface area contributed by atoms with Crippen LogP contribution in [0.25, 0.3) is 0 Å². The van der Waals surface area contributed by atoms with Gasteiger partial charge in [-0.3, -0.25) is 0 Å². The summed E-state index contributed by atoms with van der Waals surface area (Å²) in [5, 5.41) is 9.17. The van der Waals surface area contributed by atoms with Crippen molar-refractivity contribution in [1.29, 1.82) is 0 Å². The molecule has 1 amide bonds. The maximum Gasteiger partial charge on any atom is 0.407 e. The number of carbonyl (C=O) groups is 1. The fourth-order valence-corrected chi connectivity index (χ4v) is 5.44. The predicted molar refractivity (Wildman–Crippen MR) is 90.9 cm³/mol. The van der Waals surface area contributed by atoms with Crippen molar-refractivity contribution < 1.29 is 14.1 Å². The average Bonchev–Trinajstić information content (AvgIpc) is 3.00. The lowest BCUT2D eigenvalue weighted by molar-refractivity contribution is 0.0769. The molecule has 3 rings (SSSR count). The van der Waals surface area contributed by atoms with Gasteiger partial charge < -0.3 is 10.0 Å². The zero-order chi connectivity index (χ0) is 16.8. The highest BCUT2D eigenvalue weighted by Crippen LogP contribution is 2.53. The summed E-state index contributed by atoms with van der Waals surface area (Å²) >= 11 is 1.61. The number of thiazole rings is 1. The second-order valence-electron chi connectivity index (χ2n) is 7.40. The molecular weight excluding hydrogens is 334 g/mol. The first-order valence-corrected chi connectivity index (χ1v) is 9.84. The zero-order valence-electron chi connectivity index (χ0n) is 13.7. The van der Waals surface area contributed by atoms with Crippen LogP contribution >= 0.6 is 11.3 Å². The molecule has 8 heteroatoms. The number of likely N-dealkylation sites (tertiary alicyclic amines) is 1. The van der Waals surface area contributed by atoms with Crippen LogP contribution in [0, 0.1) is 5.41 Å². The van der Waals surface area contributed by atoms with E-state index in [0.717, 1.165) is 25.0 Å². The van der Waals surface area contributed by atoms with Gasteiger partial charge in [0, 0.05) is 23.4 Å². The highest BCUT2D eigenvalue weighted by molar-refractivity contribution is 7.84. The van der Waals surface area contributed by atoms with E-state index in [9.17, 15) is 14.1 Å². The largest absolute Gasteiger partial charge is 0.465 e. The van der Waals surface area contributed by atoms with Crippen LogP contribution in [0.2, 0.25) is 0 Å². The molecule has 2 N–H and O–H groups in total. The molecular formula is C15H23N3O3S2. The molecule has 0 aromatic carbocycles. The third kappa shape index (κ3) is 3.04. The Balaban J connectivity index is 1.84. The maximum absolute atomic E-state index is 12.6. The van der Waals surface area contributed by atoms with Gasteiger partial charge in [-0.05, 0) is 40.0 Å². The minimum atomic E-state index is -1.16. The van der Waals surface area contributed by atoms with Crippen LogP contribution in [0.3, 0.4) is 0 Å². The Morgan fingerprint density at radius 1 is 1.48 bits per heavy atom. The van der Waals surface area contributed by atoms with Crippen LogP contribution in [-0.2, 0) is 17.4 Å². The highest BCUT2D eigenvalue weighted by Gasteiger charge is 2.50. The first kappa shape index (κ1) is 16.9. The molecule has 6 nitrogen and oxygen atoms in total. The first-order valence-electron chi connectivity index (χ1n) is 7.81. The average molecular weight is 358 g/mol. The fourth-order valence-electron chi connectivity index (χ4n) is 3.43. The second kappa shape index (κ2) is 5.82. The van der Waals surface area contributed by atoms with E-state index in [4.69, 9.17) is 0 Å². The molecule has 0 saturated carbocycles. The van der Waals surface area contributed by atoms with Crippen LogP contribution in [0.15, 0.2) is 5.51 Å². The molecule has 1 aliphatic heterocycles. The number of amides is 1. The Labute approximate surface area is 142 Å². The normalized spacial score (nSPS) is 24.7. The van der Waals surface area contributed by atoms with Crippen molar-refractivity contribution in [3.63, 3.8) is 0 Å². The van der Waals surface area contributed by atoms with Crippen molar-refractivity contribution in [3.8, 4) is 0 Å². The predicted octanol–water partition coefficient (Wildman–Crippen LogP) is 2.55. The molecule has 2 atom stereocenters. The van der Waals surface area contributed by atoms with Crippen molar-refractivity contribution >= 4 is 28.4 Å². The van der Waals surface area contributed by atoms with Crippen molar-refractivity contribution in [3.05, 3.63) is 16.1 Å². The standard InChI is InChI=1S/C15H23N3O3S2/c1-14(2,3)23(21)17-12-11-10(16-9-22-11)8-15(12)4-6-18(7-5-15)13(19)20/h9,12,17H,4-8H2,1-3H3,(H,19,20)/t12-,23?/m1/s1. The molecule has 128 valence electrons. The number of rotatable bonds is 2. The zero-order valence-corrected chi connectivity index (χ0v) is 15.3.